The van der Waals surface area contributed by atoms with Crippen molar-refractivity contribution in [1.82, 2.24) is 10.2 Å². The van der Waals surface area contributed by atoms with E-state index in [1.165, 1.54) is 30.4 Å². The molecule has 0 spiro atoms. The maximum atomic E-state index is 13.1. The zero-order valence-corrected chi connectivity index (χ0v) is 16.7. The van der Waals surface area contributed by atoms with Gasteiger partial charge in [0.1, 0.15) is 5.82 Å². The van der Waals surface area contributed by atoms with Crippen LogP contribution in [0.25, 0.3) is 6.08 Å². The van der Waals surface area contributed by atoms with Crippen LogP contribution in [-0.4, -0.2) is 48.8 Å². The zero-order valence-electron chi connectivity index (χ0n) is 16.0. The molecule has 1 amide bonds. The molecule has 0 saturated carbocycles. The molecule has 3 rings (SSSR count). The van der Waals surface area contributed by atoms with Crippen molar-refractivity contribution >= 4 is 23.6 Å². The molecule has 0 radical (unpaired) electrons. The summed E-state index contributed by atoms with van der Waals surface area (Å²) in [5, 5.41) is 12.8. The number of ether oxygens (including phenoxy) is 1. The van der Waals surface area contributed by atoms with Gasteiger partial charge in [0.2, 0.25) is 5.91 Å². The van der Waals surface area contributed by atoms with Gasteiger partial charge in [-0.25, -0.2) is 4.39 Å². The van der Waals surface area contributed by atoms with E-state index in [0.29, 0.717) is 5.56 Å². The van der Waals surface area contributed by atoms with Crippen molar-refractivity contribution in [3.63, 3.8) is 0 Å². The van der Waals surface area contributed by atoms with Crippen LogP contribution in [0.2, 0.25) is 5.02 Å². The minimum absolute atomic E-state index is 0.224. The van der Waals surface area contributed by atoms with Gasteiger partial charge in [-0.2, -0.15) is 0 Å². The summed E-state index contributed by atoms with van der Waals surface area (Å²) >= 11 is 5.96. The van der Waals surface area contributed by atoms with Gasteiger partial charge in [0.05, 0.1) is 30.9 Å². The van der Waals surface area contributed by atoms with Crippen LogP contribution in [0, 0.1) is 5.82 Å². The van der Waals surface area contributed by atoms with Gasteiger partial charge in [-0.1, -0.05) is 41.9 Å². The Morgan fingerprint density at radius 3 is 2.79 bits per heavy atom. The number of aliphatic hydroxyl groups is 1. The number of aliphatic hydroxyl groups excluding tert-OH is 1. The molecule has 1 aliphatic heterocycles. The van der Waals surface area contributed by atoms with E-state index in [2.05, 4.69) is 10.2 Å². The van der Waals surface area contributed by atoms with E-state index in [-0.39, 0.29) is 17.5 Å². The predicted molar refractivity (Wildman–Crippen MR) is 111 cm³/mol. The third-order valence-electron chi connectivity index (χ3n) is 4.74. The molecule has 2 aromatic carbocycles. The van der Waals surface area contributed by atoms with Gasteiger partial charge in [0.15, 0.2) is 0 Å². The Hall–Kier alpha value is -2.25. The highest BCUT2D eigenvalue weighted by Crippen LogP contribution is 2.19. The highest BCUT2D eigenvalue weighted by atomic mass is 35.5. The lowest BCUT2D eigenvalue weighted by molar-refractivity contribution is -0.117. The van der Waals surface area contributed by atoms with Gasteiger partial charge in [-0.15, -0.1) is 0 Å². The number of carbonyl (C=O) groups is 1. The maximum Gasteiger partial charge on any atom is 0.244 e. The van der Waals surface area contributed by atoms with Crippen LogP contribution in [0.1, 0.15) is 22.7 Å². The van der Waals surface area contributed by atoms with Crippen LogP contribution in [0.4, 0.5) is 4.39 Å². The molecule has 29 heavy (non-hydrogen) atoms. The van der Waals surface area contributed by atoms with Crippen LogP contribution < -0.4 is 5.32 Å². The second kappa shape index (κ2) is 10.5. The largest absolute Gasteiger partial charge is 0.394 e. The first-order chi connectivity index (χ1) is 14.0. The maximum absolute atomic E-state index is 13.1. The summed E-state index contributed by atoms with van der Waals surface area (Å²) in [7, 11) is 0. The van der Waals surface area contributed by atoms with Crippen molar-refractivity contribution in [2.45, 2.75) is 12.6 Å². The van der Waals surface area contributed by atoms with Crippen LogP contribution >= 0.6 is 11.6 Å². The summed E-state index contributed by atoms with van der Waals surface area (Å²) in [6.45, 7) is 3.82. The summed E-state index contributed by atoms with van der Waals surface area (Å²) < 4.78 is 18.5. The van der Waals surface area contributed by atoms with Crippen molar-refractivity contribution in [1.29, 1.82) is 0 Å². The van der Waals surface area contributed by atoms with Gasteiger partial charge in [0.25, 0.3) is 0 Å². The number of nitrogens with zero attached hydrogens (tertiary/aromatic N) is 1. The SMILES string of the molecule is O=C(C=Cc1ccc(F)cc1Cl)N[C@H](CO)c1cccc(CN2CCOCC2)c1. The topological polar surface area (TPSA) is 61.8 Å². The molecule has 1 atom stereocenters. The van der Waals surface area contributed by atoms with Gasteiger partial charge in [-0.05, 0) is 34.9 Å². The highest BCUT2D eigenvalue weighted by Gasteiger charge is 2.15. The van der Waals surface area contributed by atoms with E-state index in [9.17, 15) is 14.3 Å². The van der Waals surface area contributed by atoms with Crippen molar-refractivity contribution in [3.05, 3.63) is 76.1 Å². The number of hydrogen-bond donors (Lipinski definition) is 2. The number of rotatable bonds is 7. The predicted octanol–water partition coefficient (Wildman–Crippen LogP) is 3.17. The van der Waals surface area contributed by atoms with E-state index in [1.54, 1.807) is 0 Å². The lowest BCUT2D eigenvalue weighted by Crippen LogP contribution is -2.35. The smallest absolute Gasteiger partial charge is 0.244 e. The molecule has 2 aromatic rings. The number of nitrogens with one attached hydrogen (secondary N) is 1. The van der Waals surface area contributed by atoms with Gasteiger partial charge < -0.3 is 15.2 Å². The average Bonchev–Trinajstić information content (AvgIpc) is 2.72. The van der Waals surface area contributed by atoms with Crippen LogP contribution in [0.15, 0.2) is 48.5 Å². The number of morpholine rings is 1. The molecule has 0 bridgehead atoms. The Balaban J connectivity index is 1.63. The second-order valence-electron chi connectivity index (χ2n) is 6.88. The zero-order chi connectivity index (χ0) is 20.6. The monoisotopic (exact) mass is 418 g/mol. The van der Waals surface area contributed by atoms with E-state index in [1.807, 2.05) is 24.3 Å². The van der Waals surface area contributed by atoms with Crippen molar-refractivity contribution < 1.29 is 19.0 Å². The quantitative estimate of drug-likeness (QED) is 0.678. The Bertz CT molecular complexity index is 869. The molecule has 0 aliphatic carbocycles. The van der Waals surface area contributed by atoms with Crippen molar-refractivity contribution in [2.75, 3.05) is 32.9 Å². The number of benzene rings is 2. The molecular formula is C22H24ClFN2O3. The van der Waals surface area contributed by atoms with Crippen LogP contribution in [0.5, 0.6) is 0 Å². The fourth-order valence-corrected chi connectivity index (χ4v) is 3.41. The number of carbonyl (C=O) groups excluding carboxylic acids is 1. The Morgan fingerprint density at radius 2 is 2.07 bits per heavy atom. The van der Waals surface area contributed by atoms with Crippen LogP contribution in [-0.2, 0) is 16.1 Å². The second-order valence-corrected chi connectivity index (χ2v) is 7.28. The Labute approximate surface area is 174 Å². The van der Waals surface area contributed by atoms with E-state index < -0.39 is 11.9 Å². The standard InChI is InChI=1S/C22H24ClFN2O3/c23-20-13-19(24)6-4-17(20)5-7-22(28)25-21(15-27)18-3-1-2-16(12-18)14-26-8-10-29-11-9-26/h1-7,12-13,21,27H,8-11,14-15H2,(H,25,28)/t21-/m1/s1. The van der Waals surface area contributed by atoms with E-state index >= 15 is 0 Å². The van der Waals surface area contributed by atoms with Crippen molar-refractivity contribution in [2.24, 2.45) is 0 Å². The van der Waals surface area contributed by atoms with E-state index in [4.69, 9.17) is 16.3 Å². The van der Waals surface area contributed by atoms with Gasteiger partial charge >= 0.3 is 0 Å². The summed E-state index contributed by atoms with van der Waals surface area (Å²) in [6.07, 6.45) is 2.83. The number of halogens is 2. The summed E-state index contributed by atoms with van der Waals surface area (Å²) in [6, 6.07) is 11.3. The van der Waals surface area contributed by atoms with Gasteiger partial charge in [-0.3, -0.25) is 9.69 Å². The minimum Gasteiger partial charge on any atom is -0.394 e. The summed E-state index contributed by atoms with van der Waals surface area (Å²) in [5.74, 6) is -0.808. The average molecular weight is 419 g/mol. The Kier molecular flexibility index (Phi) is 7.77. The lowest BCUT2D eigenvalue weighted by atomic mass is 10.0. The molecule has 0 aromatic heterocycles. The van der Waals surface area contributed by atoms with E-state index in [0.717, 1.165) is 44.0 Å². The normalized spacial score (nSPS) is 16.1. The molecule has 2 N–H and O–H groups in total. The van der Waals surface area contributed by atoms with Gasteiger partial charge in [0, 0.05) is 25.7 Å². The fourth-order valence-electron chi connectivity index (χ4n) is 3.18. The molecule has 1 fully saturated rings. The molecule has 154 valence electrons. The summed E-state index contributed by atoms with van der Waals surface area (Å²) in [4.78, 5) is 14.6. The third-order valence-corrected chi connectivity index (χ3v) is 5.07. The number of amides is 1. The third kappa shape index (κ3) is 6.37. The minimum atomic E-state index is -0.527. The molecule has 0 unspecified atom stereocenters. The first-order valence-corrected chi connectivity index (χ1v) is 9.86. The first-order valence-electron chi connectivity index (χ1n) is 9.48. The van der Waals surface area contributed by atoms with Crippen LogP contribution in [0.3, 0.4) is 0 Å². The molecule has 1 saturated heterocycles. The first kappa shape index (κ1) is 21.5. The molecule has 1 aliphatic rings. The fraction of sp³-hybridized carbons (Fsp3) is 0.318. The molecule has 1 heterocycles. The molecular weight excluding hydrogens is 395 g/mol. The molecule has 5 nitrogen and oxygen atoms in total. The highest BCUT2D eigenvalue weighted by molar-refractivity contribution is 6.32. The number of hydrogen-bond acceptors (Lipinski definition) is 4. The molecule has 7 heteroatoms. The van der Waals surface area contributed by atoms with Crippen molar-refractivity contribution in [3.8, 4) is 0 Å². The lowest BCUT2D eigenvalue weighted by Gasteiger charge is -2.27. The summed E-state index contributed by atoms with van der Waals surface area (Å²) in [5.41, 5.74) is 2.49. The Morgan fingerprint density at radius 1 is 1.28 bits per heavy atom.